The van der Waals surface area contributed by atoms with E-state index >= 15 is 0 Å². The van der Waals surface area contributed by atoms with Crippen molar-refractivity contribution in [3.05, 3.63) is 144 Å². The van der Waals surface area contributed by atoms with E-state index in [1.807, 2.05) is 60.7 Å². The number of para-hydroxylation sites is 4. The lowest BCUT2D eigenvalue weighted by Gasteiger charge is -2.04. The molecule has 0 radical (unpaired) electrons. The summed E-state index contributed by atoms with van der Waals surface area (Å²) < 4.78 is 0. The number of phenols is 4. The molecule has 0 aliphatic carbocycles. The number of amides is 1. The van der Waals surface area contributed by atoms with Crippen molar-refractivity contribution in [2.75, 3.05) is 0 Å². The molecule has 0 aliphatic rings. The lowest BCUT2D eigenvalue weighted by Crippen LogP contribution is -2.22. The highest BCUT2D eigenvalue weighted by Crippen LogP contribution is 2.25. The highest BCUT2D eigenvalue weighted by molar-refractivity contribution is 5.89. The fourth-order valence-corrected chi connectivity index (χ4v) is 5.48. The maximum absolute atomic E-state index is 10.8. The molecule has 8 aromatic rings. The van der Waals surface area contributed by atoms with E-state index in [0.29, 0.717) is 53.1 Å². The first-order chi connectivity index (χ1) is 28.4. The van der Waals surface area contributed by atoms with Gasteiger partial charge in [0.2, 0.25) is 5.91 Å². The molecule has 16 heteroatoms. The van der Waals surface area contributed by atoms with Crippen molar-refractivity contribution in [2.45, 2.75) is 48.8 Å². The van der Waals surface area contributed by atoms with Gasteiger partial charge >= 0.3 is 0 Å². The monoisotopic (exact) mass is 845 g/mol. The summed E-state index contributed by atoms with van der Waals surface area (Å²) in [4.78, 5) is 31.5. The summed E-state index contributed by atoms with van der Waals surface area (Å²) in [5, 5.41) is 55.6. The van der Waals surface area contributed by atoms with E-state index in [2.05, 4.69) is 35.4 Å². The number of carbonyl (C=O) groups is 1. The molecule has 0 atom stereocenters. The first kappa shape index (κ1) is 50.0. The van der Waals surface area contributed by atoms with Gasteiger partial charge in [-0.25, -0.2) is 24.9 Å². The molecule has 0 spiro atoms. The number of oxime groups is 1. The first-order valence-electron chi connectivity index (χ1n) is 17.9. The number of pyridine rings is 4. The number of aromatic nitrogens is 4. The SMILES string of the molecule is C.C.C.CC(=O)NCc1ccc2cccc(O)c2n1.NC(N)=NCc1ccc2cccc(O)c2n1.NCc1ccc2cccc(O)c2n1.O/N=C/c1ccc2cccc(O)c2n1.[2HH]. The molecule has 0 fully saturated rings. The zero-order chi connectivity index (χ0) is 42.3. The van der Waals surface area contributed by atoms with E-state index in [1.165, 1.54) is 13.1 Å². The predicted molar refractivity (Wildman–Crippen MR) is 250 cm³/mol. The second-order valence-corrected chi connectivity index (χ2v) is 12.6. The van der Waals surface area contributed by atoms with E-state index in [4.69, 9.17) is 22.4 Å². The fourth-order valence-electron chi connectivity index (χ4n) is 5.48. The molecule has 16 nitrogen and oxygen atoms in total. The number of fused-ring (bicyclic) bond motifs is 4. The molecule has 62 heavy (non-hydrogen) atoms. The lowest BCUT2D eigenvalue weighted by molar-refractivity contribution is -0.119. The van der Waals surface area contributed by atoms with Crippen LogP contribution in [0.2, 0.25) is 0 Å². The van der Waals surface area contributed by atoms with Crippen LogP contribution in [0.3, 0.4) is 0 Å². The van der Waals surface area contributed by atoms with Crippen LogP contribution < -0.4 is 22.5 Å². The van der Waals surface area contributed by atoms with Crippen LogP contribution in [0.1, 0.15) is 53.4 Å². The Bertz CT molecular complexity index is 2790. The average molecular weight is 846 g/mol. The first-order valence-corrected chi connectivity index (χ1v) is 17.9. The van der Waals surface area contributed by atoms with Crippen molar-refractivity contribution in [2.24, 2.45) is 27.3 Å². The van der Waals surface area contributed by atoms with Gasteiger partial charge in [0.25, 0.3) is 0 Å². The number of guanidine groups is 1. The molecule has 0 aliphatic heterocycles. The van der Waals surface area contributed by atoms with Gasteiger partial charge in [-0.15, -0.1) is 0 Å². The Labute approximate surface area is 361 Å². The normalized spacial score (nSPS) is 10.0. The Morgan fingerprint density at radius 3 is 1.40 bits per heavy atom. The van der Waals surface area contributed by atoms with Crippen molar-refractivity contribution in [3.63, 3.8) is 0 Å². The van der Waals surface area contributed by atoms with Gasteiger partial charge in [0.05, 0.1) is 42.1 Å². The summed E-state index contributed by atoms with van der Waals surface area (Å²) in [5.74, 6) is 0.563. The van der Waals surface area contributed by atoms with Gasteiger partial charge < -0.3 is 48.2 Å². The topological polar surface area (TPSA) is 285 Å². The summed E-state index contributed by atoms with van der Waals surface area (Å²) in [5.41, 5.74) is 20.9. The molecule has 0 bridgehead atoms. The zero-order valence-electron chi connectivity index (χ0n) is 31.8. The highest BCUT2D eigenvalue weighted by atomic mass is 16.4. The molecular formula is C46H56N10O6. The van der Waals surface area contributed by atoms with Gasteiger partial charge in [-0.3, -0.25) is 4.79 Å². The summed E-state index contributed by atoms with van der Waals surface area (Å²) in [6.07, 6.45) is 1.21. The van der Waals surface area contributed by atoms with Crippen molar-refractivity contribution in [1.82, 2.24) is 25.3 Å². The number of aliphatic imine (C=N–C) groups is 1. The quantitative estimate of drug-likeness (QED) is 0.0338. The minimum atomic E-state index is -0.0980. The van der Waals surface area contributed by atoms with E-state index in [1.54, 1.807) is 60.7 Å². The van der Waals surface area contributed by atoms with Crippen LogP contribution in [0, 0.1) is 0 Å². The number of rotatable bonds is 6. The summed E-state index contributed by atoms with van der Waals surface area (Å²) in [7, 11) is 0. The number of hydrogen-bond acceptors (Lipinski definition) is 13. The molecule has 4 aromatic carbocycles. The summed E-state index contributed by atoms with van der Waals surface area (Å²) in [6.45, 7) is 2.54. The molecule has 4 heterocycles. The third-order valence-corrected chi connectivity index (χ3v) is 8.33. The highest BCUT2D eigenvalue weighted by Gasteiger charge is 2.05. The molecular weight excluding hydrogens is 789 g/mol. The number of hydrogen-bond donors (Lipinski definition) is 9. The van der Waals surface area contributed by atoms with E-state index in [9.17, 15) is 25.2 Å². The molecule has 0 saturated carbocycles. The Morgan fingerprint density at radius 2 is 0.984 bits per heavy atom. The number of nitrogens with two attached hydrogens (primary N) is 3. The second-order valence-electron chi connectivity index (χ2n) is 12.6. The van der Waals surface area contributed by atoms with E-state index in [-0.39, 0.29) is 58.6 Å². The largest absolute Gasteiger partial charge is 0.506 e. The standard InChI is InChI=1S/C12H12N2O2.C11H12N4O.C10H8N2O2.C10H10N2O.3CH4.H2/c1-8(15)13-7-10-6-5-9-3-2-4-11(16)12(9)14-10;12-11(13)14-6-8-5-4-7-2-1-3-9(16)10(7)15-8;13-9-3-1-2-7-4-5-8(6-11-14)12-10(7)9;11-6-8-5-4-7-2-1-3-9(13)10(7)12-8;;;;/h2-6,16H,7H2,1H3,(H,13,15);1-5,16H,6H2,(H4,12,13,14);1-6,13-14H;1-5,13H,6,11H2;3*1H4;1H/b;;11-6+;;;;;/i;;;;;;;1+1. The van der Waals surface area contributed by atoms with Crippen LogP contribution in [0.4, 0.5) is 0 Å². The number of benzene rings is 4. The maximum Gasteiger partial charge on any atom is 0.217 e. The average Bonchev–Trinajstić information content (AvgIpc) is 3.24. The van der Waals surface area contributed by atoms with Crippen LogP contribution in [0.5, 0.6) is 23.0 Å². The van der Waals surface area contributed by atoms with Crippen molar-refractivity contribution in [3.8, 4) is 23.0 Å². The van der Waals surface area contributed by atoms with Gasteiger partial charge in [0.1, 0.15) is 45.1 Å². The minimum Gasteiger partial charge on any atom is -0.506 e. The molecule has 12 N–H and O–H groups in total. The van der Waals surface area contributed by atoms with E-state index in [0.717, 1.165) is 32.9 Å². The van der Waals surface area contributed by atoms with Crippen LogP contribution in [0.25, 0.3) is 43.6 Å². The van der Waals surface area contributed by atoms with Crippen molar-refractivity contribution >= 4 is 61.7 Å². The predicted octanol–water partition coefficient (Wildman–Crippen LogP) is 7.59. The number of phenolic OH excluding ortho intramolecular Hbond substituents is 4. The molecule has 1 amide bonds. The fraction of sp³-hybridized carbons (Fsp3) is 0.152. The van der Waals surface area contributed by atoms with Crippen LogP contribution in [-0.2, 0) is 24.4 Å². The Kier molecular flexibility index (Phi) is 19.4. The minimum absolute atomic E-state index is 0. The molecule has 326 valence electrons. The number of carbonyl (C=O) groups excluding carboxylic acids is 1. The summed E-state index contributed by atoms with van der Waals surface area (Å²) >= 11 is 0. The molecule has 0 saturated heterocycles. The molecule has 0 unspecified atom stereocenters. The maximum atomic E-state index is 10.8. The van der Waals surface area contributed by atoms with Crippen LogP contribution >= 0.6 is 0 Å². The van der Waals surface area contributed by atoms with Crippen molar-refractivity contribution < 1.29 is 31.9 Å². The smallest absolute Gasteiger partial charge is 0.217 e. The van der Waals surface area contributed by atoms with Gasteiger partial charge in [-0.1, -0.05) is 100 Å². The summed E-state index contributed by atoms with van der Waals surface area (Å²) in [6, 6.07) is 35.7. The van der Waals surface area contributed by atoms with Gasteiger partial charge in [-0.05, 0) is 48.5 Å². The lowest BCUT2D eigenvalue weighted by atomic mass is 10.2. The third-order valence-electron chi connectivity index (χ3n) is 8.33. The molecule has 8 rings (SSSR count). The van der Waals surface area contributed by atoms with Crippen LogP contribution in [0.15, 0.2) is 131 Å². The van der Waals surface area contributed by atoms with Crippen molar-refractivity contribution in [1.29, 1.82) is 0 Å². The Balaban J connectivity index is 0.000000413. The Morgan fingerprint density at radius 1 is 0.597 bits per heavy atom. The molecule has 4 aromatic heterocycles. The zero-order valence-corrected chi connectivity index (χ0v) is 31.8. The Hall–Kier alpha value is -8.11. The van der Waals surface area contributed by atoms with E-state index < -0.39 is 0 Å². The second kappa shape index (κ2) is 24.1. The van der Waals surface area contributed by atoms with Gasteiger partial charge in [0, 0.05) is 36.4 Å². The third kappa shape index (κ3) is 13.7. The van der Waals surface area contributed by atoms with Gasteiger partial charge in [0.15, 0.2) is 5.96 Å². The number of aromatic hydroxyl groups is 4. The number of nitrogens with zero attached hydrogens (tertiary/aromatic N) is 6. The van der Waals surface area contributed by atoms with Gasteiger partial charge in [-0.2, -0.15) is 0 Å². The number of nitrogens with one attached hydrogen (secondary N) is 1. The van der Waals surface area contributed by atoms with Crippen LogP contribution in [-0.4, -0.2) is 63.7 Å².